The molecule has 0 aliphatic heterocycles. The van der Waals surface area contributed by atoms with Gasteiger partial charge in [0.05, 0.1) is 4.92 Å². The zero-order valence-corrected chi connectivity index (χ0v) is 13.0. The van der Waals surface area contributed by atoms with Gasteiger partial charge in [0.15, 0.2) is 0 Å². The number of anilines is 1. The van der Waals surface area contributed by atoms with E-state index in [4.69, 9.17) is 5.26 Å². The number of hydrogen-bond donors (Lipinski definition) is 2. The van der Waals surface area contributed by atoms with Crippen LogP contribution in [-0.2, 0) is 0 Å². The van der Waals surface area contributed by atoms with E-state index in [0.717, 1.165) is 17.1 Å². The Bertz CT molecular complexity index is 752. The summed E-state index contributed by atoms with van der Waals surface area (Å²) in [5.41, 5.74) is 0.333. The molecule has 2 rings (SSSR count). The molecule has 23 heavy (non-hydrogen) atoms. The third-order valence-corrected chi connectivity index (χ3v) is 3.92. The molecule has 10 heteroatoms. The van der Waals surface area contributed by atoms with Crippen LogP contribution in [0.2, 0.25) is 0 Å². The summed E-state index contributed by atoms with van der Waals surface area (Å²) < 4.78 is 0. The summed E-state index contributed by atoms with van der Waals surface area (Å²) in [5, 5.41) is 36.0. The number of nitro benzene ring substituents is 1. The van der Waals surface area contributed by atoms with Crippen LogP contribution in [0, 0.1) is 21.4 Å². The van der Waals surface area contributed by atoms with Gasteiger partial charge in [-0.1, -0.05) is 6.92 Å². The molecule has 0 aliphatic rings. The predicted octanol–water partition coefficient (Wildman–Crippen LogP) is 2.59. The second kappa shape index (κ2) is 7.90. The Labute approximate surface area is 135 Å². The summed E-state index contributed by atoms with van der Waals surface area (Å²) in [6, 6.07) is 6.74. The summed E-state index contributed by atoms with van der Waals surface area (Å²) in [4.78, 5) is 11.6. The number of benzene rings is 1. The quantitative estimate of drug-likeness (QED) is 0.342. The highest BCUT2D eigenvalue weighted by Crippen LogP contribution is 2.30. The number of rotatable bonds is 7. The fourth-order valence-electron chi connectivity index (χ4n) is 1.67. The first-order chi connectivity index (χ1) is 11.2. The molecule has 0 spiro atoms. The van der Waals surface area contributed by atoms with Crippen molar-refractivity contribution in [1.29, 1.82) is 5.26 Å². The number of H-pyrrole nitrogens is 1. The van der Waals surface area contributed by atoms with Crippen molar-refractivity contribution in [1.82, 2.24) is 20.6 Å². The van der Waals surface area contributed by atoms with Gasteiger partial charge >= 0.3 is 0 Å². The summed E-state index contributed by atoms with van der Waals surface area (Å²) in [5.74, 6) is 1.03. The normalized spacial score (nSPS) is 11.0. The molecule has 0 saturated heterocycles. The number of aromatic nitrogens is 4. The van der Waals surface area contributed by atoms with Gasteiger partial charge in [0.25, 0.3) is 5.69 Å². The second-order valence-electron chi connectivity index (χ2n) is 4.33. The zero-order valence-electron chi connectivity index (χ0n) is 12.2. The van der Waals surface area contributed by atoms with Crippen molar-refractivity contribution in [2.45, 2.75) is 18.2 Å². The standard InChI is InChI=1S/C13H13N7O2S/c1-2-5-23-10-3-4-12(20(21)22)11(6-10)15-8-9(7-14)13-16-18-19-17-13/h3-4,6,8,15H,2,5H2,1H3,(H,16,17,18,19). The van der Waals surface area contributed by atoms with Crippen molar-refractivity contribution in [2.75, 3.05) is 11.1 Å². The van der Waals surface area contributed by atoms with E-state index in [-0.39, 0.29) is 17.1 Å². The van der Waals surface area contributed by atoms with Crippen molar-refractivity contribution in [3.8, 4) is 6.07 Å². The molecular formula is C13H13N7O2S. The molecule has 0 aliphatic carbocycles. The molecular weight excluding hydrogens is 318 g/mol. The number of nitrogens with zero attached hydrogens (tertiary/aromatic N) is 5. The number of nitro groups is 1. The van der Waals surface area contributed by atoms with Gasteiger partial charge in [-0.25, -0.2) is 0 Å². The van der Waals surface area contributed by atoms with Crippen molar-refractivity contribution >= 4 is 28.7 Å². The molecule has 1 aromatic carbocycles. The molecule has 2 aromatic rings. The minimum atomic E-state index is -0.481. The van der Waals surface area contributed by atoms with E-state index in [1.165, 1.54) is 12.3 Å². The predicted molar refractivity (Wildman–Crippen MR) is 85.5 cm³/mol. The largest absolute Gasteiger partial charge is 0.355 e. The summed E-state index contributed by atoms with van der Waals surface area (Å²) in [6.45, 7) is 2.06. The highest BCUT2D eigenvalue weighted by molar-refractivity contribution is 7.99. The molecule has 1 aromatic heterocycles. The van der Waals surface area contributed by atoms with Crippen LogP contribution in [0.1, 0.15) is 19.2 Å². The number of nitriles is 1. The highest BCUT2D eigenvalue weighted by atomic mass is 32.2. The molecule has 118 valence electrons. The number of allylic oxidation sites excluding steroid dienone is 1. The van der Waals surface area contributed by atoms with E-state index < -0.39 is 4.92 Å². The van der Waals surface area contributed by atoms with Crippen LogP contribution >= 0.6 is 11.8 Å². The number of thioether (sulfide) groups is 1. The molecule has 2 N–H and O–H groups in total. The number of nitrogens with one attached hydrogen (secondary N) is 2. The Kier molecular flexibility index (Phi) is 5.65. The van der Waals surface area contributed by atoms with Crippen LogP contribution in [-0.4, -0.2) is 31.3 Å². The maximum Gasteiger partial charge on any atom is 0.292 e. The van der Waals surface area contributed by atoms with Gasteiger partial charge in [0, 0.05) is 17.2 Å². The van der Waals surface area contributed by atoms with Crippen molar-refractivity contribution < 1.29 is 4.92 Å². The zero-order chi connectivity index (χ0) is 16.7. The van der Waals surface area contributed by atoms with Gasteiger partial charge in [-0.05, 0) is 29.5 Å². The van der Waals surface area contributed by atoms with E-state index >= 15 is 0 Å². The molecule has 0 saturated carbocycles. The van der Waals surface area contributed by atoms with Gasteiger partial charge < -0.3 is 5.32 Å². The minimum absolute atomic E-state index is 0.0764. The first kappa shape index (κ1) is 16.4. The van der Waals surface area contributed by atoms with Crippen molar-refractivity contribution in [3.63, 3.8) is 0 Å². The molecule has 0 atom stereocenters. The lowest BCUT2D eigenvalue weighted by atomic mass is 10.2. The molecule has 0 amide bonds. The SMILES string of the molecule is CCCSc1ccc([N+](=O)[O-])c(NC=C(C#N)c2nn[nH]n2)c1. The Morgan fingerprint density at radius 2 is 2.43 bits per heavy atom. The number of aromatic amines is 1. The van der Waals surface area contributed by atoms with Crippen LogP contribution < -0.4 is 5.32 Å². The van der Waals surface area contributed by atoms with Gasteiger partial charge in [0.1, 0.15) is 17.3 Å². The molecule has 0 fully saturated rings. The molecule has 9 nitrogen and oxygen atoms in total. The van der Waals surface area contributed by atoms with Gasteiger partial charge in [-0.15, -0.1) is 22.0 Å². The summed E-state index contributed by atoms with van der Waals surface area (Å²) in [6.07, 6.45) is 2.32. The highest BCUT2D eigenvalue weighted by Gasteiger charge is 2.14. The van der Waals surface area contributed by atoms with Crippen LogP contribution in [0.3, 0.4) is 0 Å². The average Bonchev–Trinajstić information content (AvgIpc) is 3.07. The lowest BCUT2D eigenvalue weighted by Crippen LogP contribution is -1.98. The second-order valence-corrected chi connectivity index (χ2v) is 5.50. The fraction of sp³-hybridized carbons (Fsp3) is 0.231. The minimum Gasteiger partial charge on any atom is -0.355 e. The summed E-state index contributed by atoms with van der Waals surface area (Å²) >= 11 is 1.60. The summed E-state index contributed by atoms with van der Waals surface area (Å²) in [7, 11) is 0. The topological polar surface area (TPSA) is 133 Å². The van der Waals surface area contributed by atoms with Crippen LogP contribution in [0.15, 0.2) is 29.3 Å². The van der Waals surface area contributed by atoms with Crippen molar-refractivity contribution in [3.05, 3.63) is 40.3 Å². The Morgan fingerprint density at radius 3 is 3.04 bits per heavy atom. The third-order valence-electron chi connectivity index (χ3n) is 2.72. The van der Waals surface area contributed by atoms with Crippen LogP contribution in [0.4, 0.5) is 11.4 Å². The van der Waals surface area contributed by atoms with E-state index in [1.807, 2.05) is 6.07 Å². The molecule has 0 radical (unpaired) electrons. The first-order valence-electron chi connectivity index (χ1n) is 6.67. The number of hydrogen-bond acceptors (Lipinski definition) is 8. The van der Waals surface area contributed by atoms with Crippen LogP contribution in [0.25, 0.3) is 5.57 Å². The molecule has 0 unspecified atom stereocenters. The lowest BCUT2D eigenvalue weighted by Gasteiger charge is -2.06. The molecule has 1 heterocycles. The Morgan fingerprint density at radius 1 is 1.61 bits per heavy atom. The first-order valence-corrected chi connectivity index (χ1v) is 7.66. The van der Waals surface area contributed by atoms with E-state index in [2.05, 4.69) is 32.9 Å². The van der Waals surface area contributed by atoms with Gasteiger partial charge in [-0.3, -0.25) is 10.1 Å². The maximum atomic E-state index is 11.1. The Balaban J connectivity index is 2.29. The third kappa shape index (κ3) is 4.27. The fourth-order valence-corrected chi connectivity index (χ4v) is 2.48. The van der Waals surface area contributed by atoms with E-state index in [1.54, 1.807) is 23.9 Å². The molecule has 0 bridgehead atoms. The Hall–Kier alpha value is -2.93. The van der Waals surface area contributed by atoms with Crippen molar-refractivity contribution in [2.24, 2.45) is 0 Å². The van der Waals surface area contributed by atoms with E-state index in [0.29, 0.717) is 5.69 Å². The van der Waals surface area contributed by atoms with Gasteiger partial charge in [0.2, 0.25) is 5.82 Å². The maximum absolute atomic E-state index is 11.1. The number of tetrazole rings is 1. The van der Waals surface area contributed by atoms with E-state index in [9.17, 15) is 10.1 Å². The lowest BCUT2D eigenvalue weighted by molar-refractivity contribution is -0.384. The van der Waals surface area contributed by atoms with Crippen LogP contribution in [0.5, 0.6) is 0 Å². The van der Waals surface area contributed by atoms with Gasteiger partial charge in [-0.2, -0.15) is 10.5 Å². The smallest absolute Gasteiger partial charge is 0.292 e. The monoisotopic (exact) mass is 331 g/mol. The average molecular weight is 331 g/mol.